The molecule has 0 bridgehead atoms. The minimum absolute atomic E-state index is 0.00598. The van der Waals surface area contributed by atoms with E-state index in [-0.39, 0.29) is 24.1 Å². The third-order valence-electron chi connectivity index (χ3n) is 6.45. The smallest absolute Gasteiger partial charge is 0.258 e. The predicted octanol–water partition coefficient (Wildman–Crippen LogP) is 1.07. The molecule has 3 amide bonds. The molecule has 8 nitrogen and oxygen atoms in total. The lowest BCUT2D eigenvalue weighted by Crippen LogP contribution is -2.56. The lowest BCUT2D eigenvalue weighted by molar-refractivity contribution is -0.144. The Morgan fingerprint density at radius 2 is 1.90 bits per heavy atom. The van der Waals surface area contributed by atoms with E-state index in [1.807, 2.05) is 17.9 Å². The SMILES string of the molecule is CC(C(=O)N1CCCN(C)CC1)N1CCC2(CCC1=O)NC(=O)c1ccccc1O2. The zero-order valence-corrected chi connectivity index (χ0v) is 17.7. The summed E-state index contributed by atoms with van der Waals surface area (Å²) in [5.41, 5.74) is -0.408. The number of carbonyl (C=O) groups excluding carboxylic acids is 3. The minimum atomic E-state index is -0.913. The number of hydrogen-bond donors (Lipinski definition) is 1. The van der Waals surface area contributed by atoms with Crippen LogP contribution in [0.1, 0.15) is 43.0 Å². The summed E-state index contributed by atoms with van der Waals surface area (Å²) in [7, 11) is 2.06. The van der Waals surface area contributed by atoms with Gasteiger partial charge in [-0.15, -0.1) is 0 Å². The van der Waals surface area contributed by atoms with E-state index >= 15 is 0 Å². The Morgan fingerprint density at radius 3 is 2.73 bits per heavy atom. The molecule has 2 unspecified atom stereocenters. The molecule has 0 radical (unpaired) electrons. The summed E-state index contributed by atoms with van der Waals surface area (Å²) in [4.78, 5) is 44.3. The topological polar surface area (TPSA) is 82.2 Å². The van der Waals surface area contributed by atoms with E-state index in [1.54, 1.807) is 23.1 Å². The Labute approximate surface area is 177 Å². The molecule has 2 saturated heterocycles. The monoisotopic (exact) mass is 414 g/mol. The molecule has 3 aliphatic heterocycles. The number of nitrogens with zero attached hydrogens (tertiary/aromatic N) is 3. The highest BCUT2D eigenvalue weighted by Gasteiger charge is 2.44. The van der Waals surface area contributed by atoms with Crippen molar-refractivity contribution in [1.82, 2.24) is 20.0 Å². The molecule has 3 aliphatic rings. The molecule has 1 N–H and O–H groups in total. The quantitative estimate of drug-likeness (QED) is 0.783. The summed E-state index contributed by atoms with van der Waals surface area (Å²) in [6, 6.07) is 6.61. The van der Waals surface area contributed by atoms with Crippen LogP contribution < -0.4 is 10.1 Å². The van der Waals surface area contributed by atoms with Gasteiger partial charge in [-0.3, -0.25) is 14.4 Å². The number of fused-ring (bicyclic) bond motifs is 1. The largest absolute Gasteiger partial charge is 0.467 e. The fourth-order valence-corrected chi connectivity index (χ4v) is 4.56. The normalized spacial score (nSPS) is 26.3. The molecule has 1 aromatic rings. The van der Waals surface area contributed by atoms with Crippen LogP contribution in [0.2, 0.25) is 0 Å². The summed E-state index contributed by atoms with van der Waals surface area (Å²) in [6.45, 7) is 5.39. The maximum atomic E-state index is 13.1. The second kappa shape index (κ2) is 8.26. The molecule has 0 saturated carbocycles. The van der Waals surface area contributed by atoms with Gasteiger partial charge in [-0.25, -0.2) is 0 Å². The zero-order valence-electron chi connectivity index (χ0n) is 17.7. The molecule has 162 valence electrons. The van der Waals surface area contributed by atoms with Crippen LogP contribution in [-0.2, 0) is 9.59 Å². The van der Waals surface area contributed by atoms with E-state index in [4.69, 9.17) is 4.74 Å². The predicted molar refractivity (Wildman–Crippen MR) is 111 cm³/mol. The Hall–Kier alpha value is -2.61. The first-order chi connectivity index (χ1) is 14.4. The van der Waals surface area contributed by atoms with Gasteiger partial charge in [-0.05, 0) is 39.1 Å². The Balaban J connectivity index is 1.46. The third kappa shape index (κ3) is 4.01. The molecule has 8 heteroatoms. The molecular formula is C22H30N4O4. The Bertz CT molecular complexity index is 844. The van der Waals surface area contributed by atoms with Crippen LogP contribution in [0.15, 0.2) is 24.3 Å². The molecule has 1 spiro atoms. The maximum absolute atomic E-state index is 13.1. The molecule has 0 aromatic heterocycles. The molecule has 4 rings (SSSR count). The summed E-state index contributed by atoms with van der Waals surface area (Å²) in [5, 5.41) is 2.97. The molecule has 2 atom stereocenters. The Morgan fingerprint density at radius 1 is 1.10 bits per heavy atom. The first-order valence-corrected chi connectivity index (χ1v) is 10.8. The van der Waals surface area contributed by atoms with Crippen molar-refractivity contribution in [1.29, 1.82) is 0 Å². The molecule has 3 heterocycles. The first-order valence-electron chi connectivity index (χ1n) is 10.8. The van der Waals surface area contributed by atoms with Gasteiger partial charge in [0.2, 0.25) is 11.8 Å². The average Bonchev–Trinajstić information content (AvgIpc) is 3.04. The van der Waals surface area contributed by atoms with Gasteiger partial charge in [-0.2, -0.15) is 0 Å². The number of nitrogens with one attached hydrogen (secondary N) is 1. The summed E-state index contributed by atoms with van der Waals surface area (Å²) in [5.74, 6) is 0.278. The molecule has 0 aliphatic carbocycles. The van der Waals surface area contributed by atoms with Crippen molar-refractivity contribution in [2.45, 2.75) is 44.4 Å². The van der Waals surface area contributed by atoms with Crippen molar-refractivity contribution in [2.75, 3.05) is 39.8 Å². The van der Waals surface area contributed by atoms with Crippen molar-refractivity contribution < 1.29 is 19.1 Å². The summed E-state index contributed by atoms with van der Waals surface area (Å²) < 4.78 is 6.18. The standard InChI is InChI=1S/C22H30N4O4/c1-16(21(29)25-12-5-11-24(2)14-15-25)26-13-10-22(9-8-19(26)27)23-20(28)17-6-3-4-7-18(17)30-22/h3-4,6-7,16H,5,8-15H2,1-2H3,(H,23,28). The lowest BCUT2D eigenvalue weighted by Gasteiger charge is -2.38. The molecule has 1 aromatic carbocycles. The van der Waals surface area contributed by atoms with Crippen molar-refractivity contribution in [3.8, 4) is 5.75 Å². The first kappa shape index (κ1) is 20.7. The molecular weight excluding hydrogens is 384 g/mol. The number of ether oxygens (including phenoxy) is 1. The fourth-order valence-electron chi connectivity index (χ4n) is 4.56. The van der Waals surface area contributed by atoms with E-state index < -0.39 is 11.8 Å². The maximum Gasteiger partial charge on any atom is 0.258 e. The number of amides is 3. The number of benzene rings is 1. The zero-order chi connectivity index (χ0) is 21.3. The minimum Gasteiger partial charge on any atom is -0.467 e. The van der Waals surface area contributed by atoms with Crippen molar-refractivity contribution in [3.63, 3.8) is 0 Å². The molecule has 30 heavy (non-hydrogen) atoms. The van der Waals surface area contributed by atoms with E-state index in [9.17, 15) is 14.4 Å². The highest BCUT2D eigenvalue weighted by atomic mass is 16.5. The van der Waals surface area contributed by atoms with E-state index in [0.717, 1.165) is 26.1 Å². The van der Waals surface area contributed by atoms with Gasteiger partial charge in [0.1, 0.15) is 11.8 Å². The fraction of sp³-hybridized carbons (Fsp3) is 0.591. The summed E-state index contributed by atoms with van der Waals surface area (Å²) in [6.07, 6.45) is 1.99. The second-order valence-electron chi connectivity index (χ2n) is 8.54. The number of rotatable bonds is 2. The number of para-hydroxylation sites is 1. The van der Waals surface area contributed by atoms with Gasteiger partial charge in [0.05, 0.1) is 5.56 Å². The second-order valence-corrected chi connectivity index (χ2v) is 8.54. The van der Waals surface area contributed by atoms with Crippen LogP contribution in [0.5, 0.6) is 5.75 Å². The summed E-state index contributed by atoms with van der Waals surface area (Å²) >= 11 is 0. The van der Waals surface area contributed by atoms with Crippen molar-refractivity contribution >= 4 is 17.7 Å². The lowest BCUT2D eigenvalue weighted by atomic mass is 10.0. The molecule has 2 fully saturated rings. The van der Waals surface area contributed by atoms with E-state index in [2.05, 4.69) is 17.3 Å². The number of hydrogen-bond acceptors (Lipinski definition) is 5. The number of likely N-dealkylation sites (N-methyl/N-ethyl adjacent to an activating group) is 1. The van der Waals surface area contributed by atoms with Crippen molar-refractivity contribution in [2.24, 2.45) is 0 Å². The van der Waals surface area contributed by atoms with Crippen LogP contribution in [0.4, 0.5) is 0 Å². The van der Waals surface area contributed by atoms with Gasteiger partial charge in [0.15, 0.2) is 5.72 Å². The van der Waals surface area contributed by atoms with Crippen molar-refractivity contribution in [3.05, 3.63) is 29.8 Å². The van der Waals surface area contributed by atoms with E-state index in [1.165, 1.54) is 0 Å². The average molecular weight is 415 g/mol. The number of likely N-dealkylation sites (tertiary alicyclic amines) is 1. The van der Waals surface area contributed by atoms with Gasteiger partial charge >= 0.3 is 0 Å². The van der Waals surface area contributed by atoms with Gasteiger partial charge in [0, 0.05) is 45.4 Å². The highest BCUT2D eigenvalue weighted by Crippen LogP contribution is 2.34. The van der Waals surface area contributed by atoms with Crippen LogP contribution in [-0.4, -0.2) is 84.0 Å². The van der Waals surface area contributed by atoms with Crippen LogP contribution in [0.3, 0.4) is 0 Å². The number of carbonyl (C=O) groups is 3. The van der Waals surface area contributed by atoms with Gasteiger partial charge in [0.25, 0.3) is 5.91 Å². The van der Waals surface area contributed by atoms with Gasteiger partial charge < -0.3 is 24.8 Å². The Kier molecular flexibility index (Phi) is 5.69. The third-order valence-corrected chi connectivity index (χ3v) is 6.45. The van der Waals surface area contributed by atoms with Crippen LogP contribution >= 0.6 is 0 Å². The van der Waals surface area contributed by atoms with E-state index in [0.29, 0.717) is 37.2 Å². The van der Waals surface area contributed by atoms with Crippen LogP contribution in [0.25, 0.3) is 0 Å². The highest BCUT2D eigenvalue weighted by molar-refractivity contribution is 5.98. The van der Waals surface area contributed by atoms with Crippen LogP contribution in [0, 0.1) is 0 Å². The van der Waals surface area contributed by atoms with Gasteiger partial charge in [-0.1, -0.05) is 12.1 Å².